The van der Waals surface area contributed by atoms with Crippen LogP contribution in [0.2, 0.25) is 0 Å². The SMILES string of the molecule is CC1CCCC(CNC2CCC(C(=O)O)CC2)C1C. The molecular weight excluding hydrogens is 238 g/mol. The van der Waals surface area contributed by atoms with Crippen molar-refractivity contribution < 1.29 is 9.90 Å². The van der Waals surface area contributed by atoms with Gasteiger partial charge in [-0.1, -0.05) is 26.7 Å². The van der Waals surface area contributed by atoms with Crippen LogP contribution in [0.5, 0.6) is 0 Å². The van der Waals surface area contributed by atoms with E-state index in [2.05, 4.69) is 19.2 Å². The molecule has 2 saturated carbocycles. The molecule has 2 aliphatic rings. The first-order chi connectivity index (χ1) is 9.08. The van der Waals surface area contributed by atoms with E-state index in [1.807, 2.05) is 0 Å². The summed E-state index contributed by atoms with van der Waals surface area (Å²) in [6.07, 6.45) is 7.91. The third-order valence-electron chi connectivity index (χ3n) is 5.62. The maximum atomic E-state index is 10.9. The van der Waals surface area contributed by atoms with Crippen molar-refractivity contribution in [3.63, 3.8) is 0 Å². The van der Waals surface area contributed by atoms with Gasteiger partial charge in [0.15, 0.2) is 0 Å². The molecule has 3 heteroatoms. The smallest absolute Gasteiger partial charge is 0.306 e. The van der Waals surface area contributed by atoms with Gasteiger partial charge in [0.05, 0.1) is 5.92 Å². The van der Waals surface area contributed by atoms with Gasteiger partial charge in [0.2, 0.25) is 0 Å². The summed E-state index contributed by atoms with van der Waals surface area (Å²) < 4.78 is 0. The molecule has 3 atom stereocenters. The predicted molar refractivity (Wildman–Crippen MR) is 77.1 cm³/mol. The Bertz CT molecular complexity index is 297. The molecule has 0 radical (unpaired) electrons. The van der Waals surface area contributed by atoms with Crippen LogP contribution < -0.4 is 5.32 Å². The third kappa shape index (κ3) is 3.95. The molecule has 19 heavy (non-hydrogen) atoms. The van der Waals surface area contributed by atoms with Crippen LogP contribution in [0.4, 0.5) is 0 Å². The molecular formula is C16H29NO2. The summed E-state index contributed by atoms with van der Waals surface area (Å²) in [6.45, 7) is 5.92. The van der Waals surface area contributed by atoms with Crippen LogP contribution in [0.25, 0.3) is 0 Å². The number of carbonyl (C=O) groups is 1. The van der Waals surface area contributed by atoms with Gasteiger partial charge < -0.3 is 10.4 Å². The largest absolute Gasteiger partial charge is 0.481 e. The molecule has 2 aliphatic carbocycles. The second-order valence-corrected chi connectivity index (χ2v) is 6.82. The average Bonchev–Trinajstić information content (AvgIpc) is 2.41. The van der Waals surface area contributed by atoms with Crippen LogP contribution in [-0.2, 0) is 4.79 Å². The van der Waals surface area contributed by atoms with Crippen LogP contribution in [0.15, 0.2) is 0 Å². The molecule has 0 aromatic heterocycles. The quantitative estimate of drug-likeness (QED) is 0.821. The second-order valence-electron chi connectivity index (χ2n) is 6.82. The summed E-state index contributed by atoms with van der Waals surface area (Å²) in [5.74, 6) is 1.82. The highest BCUT2D eigenvalue weighted by Gasteiger charge is 2.29. The van der Waals surface area contributed by atoms with Crippen molar-refractivity contribution in [2.45, 2.75) is 64.8 Å². The van der Waals surface area contributed by atoms with Crippen molar-refractivity contribution in [1.29, 1.82) is 0 Å². The van der Waals surface area contributed by atoms with Crippen LogP contribution >= 0.6 is 0 Å². The maximum absolute atomic E-state index is 10.9. The second kappa shape index (κ2) is 6.74. The lowest BCUT2D eigenvalue weighted by molar-refractivity contribution is -0.142. The molecule has 0 aromatic carbocycles. The maximum Gasteiger partial charge on any atom is 0.306 e. The topological polar surface area (TPSA) is 49.3 Å². The number of hydrogen-bond acceptors (Lipinski definition) is 2. The lowest BCUT2D eigenvalue weighted by Gasteiger charge is -2.36. The summed E-state index contributed by atoms with van der Waals surface area (Å²) in [5.41, 5.74) is 0. The molecule has 2 N–H and O–H groups in total. The van der Waals surface area contributed by atoms with Gasteiger partial charge in [0.1, 0.15) is 0 Å². The molecule has 3 unspecified atom stereocenters. The predicted octanol–water partition coefficient (Wildman–Crippen LogP) is 3.29. The van der Waals surface area contributed by atoms with E-state index in [1.54, 1.807) is 0 Å². The zero-order valence-electron chi connectivity index (χ0n) is 12.4. The first-order valence-electron chi connectivity index (χ1n) is 8.04. The summed E-state index contributed by atoms with van der Waals surface area (Å²) in [4.78, 5) is 10.9. The Hall–Kier alpha value is -0.570. The summed E-state index contributed by atoms with van der Waals surface area (Å²) in [5, 5.41) is 12.7. The van der Waals surface area contributed by atoms with Crippen molar-refractivity contribution in [2.24, 2.45) is 23.7 Å². The fourth-order valence-electron chi connectivity index (χ4n) is 3.84. The van der Waals surface area contributed by atoms with Crippen LogP contribution in [0, 0.1) is 23.7 Å². The number of aliphatic carboxylic acids is 1. The van der Waals surface area contributed by atoms with Gasteiger partial charge in [0, 0.05) is 6.04 Å². The third-order valence-corrected chi connectivity index (χ3v) is 5.62. The fourth-order valence-corrected chi connectivity index (χ4v) is 3.84. The molecule has 2 rings (SSSR count). The Morgan fingerprint density at radius 2 is 1.79 bits per heavy atom. The molecule has 0 bridgehead atoms. The van der Waals surface area contributed by atoms with Gasteiger partial charge in [-0.15, -0.1) is 0 Å². The minimum Gasteiger partial charge on any atom is -0.481 e. The molecule has 3 nitrogen and oxygen atoms in total. The number of carboxylic acids is 1. The van der Waals surface area contributed by atoms with E-state index in [4.69, 9.17) is 5.11 Å². The molecule has 0 amide bonds. The van der Waals surface area contributed by atoms with E-state index in [1.165, 1.54) is 19.3 Å². The van der Waals surface area contributed by atoms with Gasteiger partial charge in [-0.25, -0.2) is 0 Å². The van der Waals surface area contributed by atoms with Gasteiger partial charge in [-0.05, 0) is 56.4 Å². The Balaban J connectivity index is 1.70. The van der Waals surface area contributed by atoms with Gasteiger partial charge in [0.25, 0.3) is 0 Å². The number of nitrogens with one attached hydrogen (secondary N) is 1. The Morgan fingerprint density at radius 1 is 1.11 bits per heavy atom. The molecule has 2 fully saturated rings. The van der Waals surface area contributed by atoms with E-state index < -0.39 is 5.97 Å². The van der Waals surface area contributed by atoms with Crippen molar-refractivity contribution in [3.05, 3.63) is 0 Å². The number of carboxylic acid groups (broad SMARTS) is 1. The normalized spacial score (nSPS) is 40.0. The summed E-state index contributed by atoms with van der Waals surface area (Å²) >= 11 is 0. The van der Waals surface area contributed by atoms with Crippen molar-refractivity contribution >= 4 is 5.97 Å². The first-order valence-corrected chi connectivity index (χ1v) is 8.04. The highest BCUT2D eigenvalue weighted by molar-refractivity contribution is 5.70. The molecule has 110 valence electrons. The van der Waals surface area contributed by atoms with Crippen LogP contribution in [0.1, 0.15) is 58.8 Å². The number of rotatable bonds is 4. The minimum atomic E-state index is -0.604. The van der Waals surface area contributed by atoms with Crippen molar-refractivity contribution in [1.82, 2.24) is 5.32 Å². The van der Waals surface area contributed by atoms with Gasteiger partial charge >= 0.3 is 5.97 Å². The van der Waals surface area contributed by atoms with Gasteiger partial charge in [-0.3, -0.25) is 4.79 Å². The van der Waals surface area contributed by atoms with Crippen LogP contribution in [0.3, 0.4) is 0 Å². The van der Waals surface area contributed by atoms with Gasteiger partial charge in [-0.2, -0.15) is 0 Å². The molecule has 0 saturated heterocycles. The average molecular weight is 267 g/mol. The molecule has 0 aromatic rings. The Labute approximate surface area is 117 Å². The minimum absolute atomic E-state index is 0.0910. The summed E-state index contributed by atoms with van der Waals surface area (Å²) in [6, 6.07) is 0.556. The standard InChI is InChI=1S/C16H29NO2/c1-11-4-3-5-14(12(11)2)10-17-15-8-6-13(7-9-15)16(18)19/h11-15,17H,3-10H2,1-2H3,(H,18,19). The molecule has 0 heterocycles. The first kappa shape index (κ1) is 14.8. The van der Waals surface area contributed by atoms with E-state index in [0.29, 0.717) is 6.04 Å². The number of hydrogen-bond donors (Lipinski definition) is 2. The Kier molecular flexibility index (Phi) is 5.26. The fraction of sp³-hybridized carbons (Fsp3) is 0.938. The van der Waals surface area contributed by atoms with E-state index in [9.17, 15) is 4.79 Å². The zero-order valence-corrected chi connectivity index (χ0v) is 12.4. The van der Waals surface area contributed by atoms with Crippen molar-refractivity contribution in [3.8, 4) is 0 Å². The Morgan fingerprint density at radius 3 is 2.42 bits per heavy atom. The van der Waals surface area contributed by atoms with E-state index in [0.717, 1.165) is 50.0 Å². The van der Waals surface area contributed by atoms with E-state index >= 15 is 0 Å². The van der Waals surface area contributed by atoms with Crippen molar-refractivity contribution in [2.75, 3.05) is 6.54 Å². The lowest BCUT2D eigenvalue weighted by atomic mass is 9.73. The highest BCUT2D eigenvalue weighted by Crippen LogP contribution is 2.34. The van der Waals surface area contributed by atoms with E-state index in [-0.39, 0.29) is 5.92 Å². The zero-order chi connectivity index (χ0) is 13.8. The molecule has 0 aliphatic heterocycles. The highest BCUT2D eigenvalue weighted by atomic mass is 16.4. The van der Waals surface area contributed by atoms with Crippen LogP contribution in [-0.4, -0.2) is 23.7 Å². The summed E-state index contributed by atoms with van der Waals surface area (Å²) in [7, 11) is 0. The monoisotopic (exact) mass is 267 g/mol. The lowest BCUT2D eigenvalue weighted by Crippen LogP contribution is -2.40. The molecule has 0 spiro atoms.